The molecule has 0 aliphatic rings. The van der Waals surface area contributed by atoms with E-state index in [4.69, 9.17) is 9.84 Å². The molecule has 0 aromatic heterocycles. The van der Waals surface area contributed by atoms with Crippen LogP contribution in [0.5, 0.6) is 5.75 Å². The average molecular weight is 280 g/mol. The highest BCUT2D eigenvalue weighted by Gasteiger charge is 2.11. The molecule has 6 heteroatoms. The van der Waals surface area contributed by atoms with Crippen LogP contribution < -0.4 is 10.1 Å². The Morgan fingerprint density at radius 2 is 2.10 bits per heavy atom. The molecule has 2 N–H and O–H groups in total. The van der Waals surface area contributed by atoms with Gasteiger partial charge in [-0.3, -0.25) is 4.79 Å². The number of nitrogens with one attached hydrogen (secondary N) is 1. The smallest absolute Gasteiger partial charge is 0.317 e. The van der Waals surface area contributed by atoms with Crippen LogP contribution in [0.2, 0.25) is 0 Å². The van der Waals surface area contributed by atoms with Crippen molar-refractivity contribution < 1.29 is 19.4 Å². The number of carbonyl (C=O) groups is 2. The molecule has 0 heterocycles. The third kappa shape index (κ3) is 4.79. The molecule has 0 bridgehead atoms. The lowest BCUT2D eigenvalue weighted by molar-refractivity contribution is -0.137. The van der Waals surface area contributed by atoms with Crippen molar-refractivity contribution in [1.82, 2.24) is 10.2 Å². The van der Waals surface area contributed by atoms with Gasteiger partial charge in [0.2, 0.25) is 0 Å². The predicted octanol–water partition coefficient (Wildman–Crippen LogP) is 1.62. The Hall–Kier alpha value is -2.24. The lowest BCUT2D eigenvalue weighted by Crippen LogP contribution is -2.38. The second-order valence-corrected chi connectivity index (χ2v) is 4.54. The van der Waals surface area contributed by atoms with Gasteiger partial charge in [-0.15, -0.1) is 0 Å². The normalized spacial score (nSPS) is 9.95. The van der Waals surface area contributed by atoms with Crippen molar-refractivity contribution in [3.05, 3.63) is 29.3 Å². The number of carboxylic acids is 1. The van der Waals surface area contributed by atoms with E-state index in [2.05, 4.69) is 5.32 Å². The molecule has 6 nitrogen and oxygen atoms in total. The van der Waals surface area contributed by atoms with Gasteiger partial charge in [0, 0.05) is 25.7 Å². The molecular formula is C14H20N2O4. The molecule has 0 radical (unpaired) electrons. The molecule has 1 aromatic rings. The minimum atomic E-state index is -0.926. The lowest BCUT2D eigenvalue weighted by atomic mass is 10.1. The van der Waals surface area contributed by atoms with Crippen LogP contribution in [-0.2, 0) is 11.3 Å². The number of nitrogens with zero attached hydrogens (tertiary/aromatic N) is 1. The van der Waals surface area contributed by atoms with E-state index in [1.165, 1.54) is 4.90 Å². The minimum absolute atomic E-state index is 0.0717. The van der Waals surface area contributed by atoms with E-state index in [-0.39, 0.29) is 19.0 Å². The first-order chi connectivity index (χ1) is 9.43. The van der Waals surface area contributed by atoms with Crippen LogP contribution in [0.3, 0.4) is 0 Å². The van der Waals surface area contributed by atoms with E-state index in [9.17, 15) is 9.59 Å². The van der Waals surface area contributed by atoms with E-state index >= 15 is 0 Å². The van der Waals surface area contributed by atoms with Crippen molar-refractivity contribution in [2.24, 2.45) is 0 Å². The Balaban J connectivity index is 2.54. The molecule has 1 aromatic carbocycles. The number of urea groups is 1. The number of ether oxygens (including phenoxy) is 1. The molecule has 0 spiro atoms. The number of methoxy groups -OCH3 is 1. The summed E-state index contributed by atoms with van der Waals surface area (Å²) in [4.78, 5) is 23.6. The first-order valence-electron chi connectivity index (χ1n) is 6.28. The Morgan fingerprint density at radius 3 is 2.70 bits per heavy atom. The van der Waals surface area contributed by atoms with Crippen LogP contribution >= 0.6 is 0 Å². The summed E-state index contributed by atoms with van der Waals surface area (Å²) in [5, 5.41) is 11.3. The van der Waals surface area contributed by atoms with Crippen LogP contribution in [0.15, 0.2) is 18.2 Å². The molecule has 0 aliphatic carbocycles. The highest BCUT2D eigenvalue weighted by atomic mass is 16.5. The van der Waals surface area contributed by atoms with Crippen molar-refractivity contribution in [1.29, 1.82) is 0 Å². The fraction of sp³-hybridized carbons (Fsp3) is 0.429. The molecule has 20 heavy (non-hydrogen) atoms. The summed E-state index contributed by atoms with van der Waals surface area (Å²) in [6.45, 7) is 2.47. The lowest BCUT2D eigenvalue weighted by Gasteiger charge is -2.17. The van der Waals surface area contributed by atoms with Gasteiger partial charge in [0.1, 0.15) is 5.75 Å². The van der Waals surface area contributed by atoms with E-state index in [1.54, 1.807) is 14.2 Å². The molecule has 0 fully saturated rings. The highest BCUT2D eigenvalue weighted by Crippen LogP contribution is 2.19. The number of carboxylic acid groups (broad SMARTS) is 1. The van der Waals surface area contributed by atoms with Crippen molar-refractivity contribution in [3.8, 4) is 5.75 Å². The summed E-state index contributed by atoms with van der Waals surface area (Å²) in [7, 11) is 3.14. The molecule has 1 rings (SSSR count). The second-order valence-electron chi connectivity index (χ2n) is 4.54. The molecule has 0 saturated heterocycles. The zero-order chi connectivity index (χ0) is 15.1. The van der Waals surface area contributed by atoms with Gasteiger partial charge in [0.15, 0.2) is 0 Å². The Bertz CT molecular complexity index is 488. The Morgan fingerprint density at radius 1 is 1.40 bits per heavy atom. The van der Waals surface area contributed by atoms with Gasteiger partial charge in [0.25, 0.3) is 0 Å². The number of carbonyl (C=O) groups excluding carboxylic acids is 1. The standard InChI is InChI=1S/C14H20N2O4/c1-10-4-5-11(12(8-10)20-3)9-15-14(19)16(2)7-6-13(17)18/h4-5,8H,6-7,9H2,1-3H3,(H,15,19)(H,17,18). The van der Waals surface area contributed by atoms with Crippen LogP contribution in [-0.4, -0.2) is 42.7 Å². The molecule has 0 saturated carbocycles. The topological polar surface area (TPSA) is 78.9 Å². The van der Waals surface area contributed by atoms with Gasteiger partial charge >= 0.3 is 12.0 Å². The second kappa shape index (κ2) is 7.37. The van der Waals surface area contributed by atoms with Crippen molar-refractivity contribution in [3.63, 3.8) is 0 Å². The Kier molecular flexibility index (Phi) is 5.83. The molecule has 0 atom stereocenters. The summed E-state index contributed by atoms with van der Waals surface area (Å²) in [5.41, 5.74) is 1.95. The van der Waals surface area contributed by atoms with Crippen molar-refractivity contribution in [2.45, 2.75) is 19.9 Å². The van der Waals surface area contributed by atoms with Crippen LogP contribution in [0.4, 0.5) is 4.79 Å². The van der Waals surface area contributed by atoms with Gasteiger partial charge in [-0.05, 0) is 18.6 Å². The fourth-order valence-electron chi connectivity index (χ4n) is 1.67. The predicted molar refractivity (Wildman–Crippen MR) is 74.8 cm³/mol. The van der Waals surface area contributed by atoms with Gasteiger partial charge in [0.05, 0.1) is 13.5 Å². The van der Waals surface area contributed by atoms with Gasteiger partial charge in [-0.25, -0.2) is 4.79 Å². The van der Waals surface area contributed by atoms with E-state index in [0.29, 0.717) is 6.54 Å². The number of hydrogen-bond donors (Lipinski definition) is 2. The van der Waals surface area contributed by atoms with Crippen molar-refractivity contribution in [2.75, 3.05) is 20.7 Å². The summed E-state index contributed by atoms with van der Waals surface area (Å²) < 4.78 is 5.26. The number of rotatable bonds is 6. The molecular weight excluding hydrogens is 260 g/mol. The van der Waals surface area contributed by atoms with E-state index < -0.39 is 5.97 Å². The van der Waals surface area contributed by atoms with Gasteiger partial charge < -0.3 is 20.1 Å². The number of aliphatic carboxylic acids is 1. The first-order valence-corrected chi connectivity index (χ1v) is 6.28. The third-order valence-electron chi connectivity index (χ3n) is 2.88. The molecule has 0 aliphatic heterocycles. The maximum Gasteiger partial charge on any atom is 0.317 e. The van der Waals surface area contributed by atoms with E-state index in [1.807, 2.05) is 25.1 Å². The fourth-order valence-corrected chi connectivity index (χ4v) is 1.67. The maximum absolute atomic E-state index is 11.8. The maximum atomic E-state index is 11.8. The number of benzene rings is 1. The molecule has 110 valence electrons. The highest BCUT2D eigenvalue weighted by molar-refractivity contribution is 5.75. The van der Waals surface area contributed by atoms with Crippen LogP contribution in [0.1, 0.15) is 17.5 Å². The molecule has 0 unspecified atom stereocenters. The van der Waals surface area contributed by atoms with Crippen LogP contribution in [0, 0.1) is 6.92 Å². The number of hydrogen-bond acceptors (Lipinski definition) is 3. The number of aryl methyl sites for hydroxylation is 1. The third-order valence-corrected chi connectivity index (χ3v) is 2.88. The Labute approximate surface area is 118 Å². The van der Waals surface area contributed by atoms with Gasteiger partial charge in [-0.1, -0.05) is 12.1 Å². The monoisotopic (exact) mass is 280 g/mol. The summed E-state index contributed by atoms with van der Waals surface area (Å²) >= 11 is 0. The SMILES string of the molecule is COc1cc(C)ccc1CNC(=O)N(C)CCC(=O)O. The molecule has 2 amide bonds. The van der Waals surface area contributed by atoms with Crippen LogP contribution in [0.25, 0.3) is 0 Å². The average Bonchev–Trinajstić information content (AvgIpc) is 2.42. The summed E-state index contributed by atoms with van der Waals surface area (Å²) in [6.07, 6.45) is -0.0717. The van der Waals surface area contributed by atoms with Gasteiger partial charge in [-0.2, -0.15) is 0 Å². The zero-order valence-corrected chi connectivity index (χ0v) is 12.0. The van der Waals surface area contributed by atoms with Crippen molar-refractivity contribution >= 4 is 12.0 Å². The minimum Gasteiger partial charge on any atom is -0.496 e. The number of amides is 2. The zero-order valence-electron chi connectivity index (χ0n) is 12.0. The summed E-state index contributed by atoms with van der Waals surface area (Å²) in [5.74, 6) is -0.205. The van der Waals surface area contributed by atoms with E-state index in [0.717, 1.165) is 16.9 Å². The quantitative estimate of drug-likeness (QED) is 0.830. The largest absolute Gasteiger partial charge is 0.496 e. The summed E-state index contributed by atoms with van der Waals surface area (Å²) in [6, 6.07) is 5.42. The first kappa shape index (κ1) is 15.8.